The maximum atomic E-state index is 14.4. The predicted molar refractivity (Wildman–Crippen MR) is 100 cm³/mol. The Morgan fingerprint density at radius 2 is 2.08 bits per heavy atom. The van der Waals surface area contributed by atoms with E-state index in [-0.39, 0.29) is 5.82 Å². The Labute approximate surface area is 152 Å². The van der Waals surface area contributed by atoms with Crippen LogP contribution in [0.1, 0.15) is 0 Å². The molecule has 7 nitrogen and oxygen atoms in total. The van der Waals surface area contributed by atoms with Gasteiger partial charge in [-0.1, -0.05) is 0 Å². The molecule has 2 aromatic rings. The summed E-state index contributed by atoms with van der Waals surface area (Å²) in [6.07, 6.45) is 3.53. The lowest BCUT2D eigenvalue weighted by Gasteiger charge is -2.20. The van der Waals surface area contributed by atoms with Crippen molar-refractivity contribution in [2.24, 2.45) is 0 Å². The third-order valence-electron chi connectivity index (χ3n) is 3.99. The number of pyridine rings is 1. The number of aromatic nitrogens is 1. The minimum Gasteiger partial charge on any atom is -0.378 e. The molecule has 8 heteroatoms. The van der Waals surface area contributed by atoms with Crippen molar-refractivity contribution in [1.82, 2.24) is 20.5 Å². The number of benzene rings is 1. The number of nitrogens with zero attached hydrogens (tertiary/aromatic N) is 4. The van der Waals surface area contributed by atoms with Crippen molar-refractivity contribution in [3.05, 3.63) is 54.4 Å². The minimum atomic E-state index is -0.267. The van der Waals surface area contributed by atoms with E-state index in [0.717, 1.165) is 17.1 Å². The van der Waals surface area contributed by atoms with Gasteiger partial charge in [-0.15, -0.1) is 5.53 Å². The fraction of sp³-hybridized carbons (Fsp3) is 0.278. The number of halogens is 1. The van der Waals surface area contributed by atoms with E-state index in [9.17, 15) is 4.39 Å². The van der Waals surface area contributed by atoms with E-state index in [1.54, 1.807) is 24.4 Å². The molecule has 0 radical (unpaired) electrons. The highest BCUT2D eigenvalue weighted by atomic mass is 19.1. The van der Waals surface area contributed by atoms with Gasteiger partial charge in [0.15, 0.2) is 0 Å². The number of rotatable bonds is 6. The molecule has 1 aromatic heterocycles. The first-order valence-corrected chi connectivity index (χ1v) is 8.15. The lowest BCUT2D eigenvalue weighted by molar-refractivity contribution is 0.0320. The van der Waals surface area contributed by atoms with Crippen molar-refractivity contribution in [3.8, 4) is 11.1 Å². The number of hydrazine groups is 2. The Morgan fingerprint density at radius 3 is 2.69 bits per heavy atom. The van der Waals surface area contributed by atoms with E-state index >= 15 is 0 Å². The van der Waals surface area contributed by atoms with Crippen LogP contribution in [0.5, 0.6) is 0 Å². The number of hydrogen-bond acceptors (Lipinski definition) is 7. The predicted octanol–water partition coefficient (Wildman–Crippen LogP) is 2.44. The van der Waals surface area contributed by atoms with E-state index in [0.29, 0.717) is 18.1 Å². The van der Waals surface area contributed by atoms with Crippen molar-refractivity contribution in [2.45, 2.75) is 0 Å². The molecule has 0 saturated carbocycles. The van der Waals surface area contributed by atoms with E-state index in [1.807, 2.05) is 55.5 Å². The quantitative estimate of drug-likeness (QED) is 0.822. The summed E-state index contributed by atoms with van der Waals surface area (Å²) in [5, 5.41) is 6.82. The molecule has 0 fully saturated rings. The van der Waals surface area contributed by atoms with Gasteiger partial charge in [-0.05, 0) is 30.3 Å². The smallest absolute Gasteiger partial charge is 0.141 e. The monoisotopic (exact) mass is 358 g/mol. The van der Waals surface area contributed by atoms with Gasteiger partial charge >= 0.3 is 0 Å². The molecule has 0 aliphatic carbocycles. The molecule has 0 spiro atoms. The Morgan fingerprint density at radius 1 is 1.27 bits per heavy atom. The van der Waals surface area contributed by atoms with Crippen molar-refractivity contribution < 1.29 is 9.13 Å². The molecule has 1 aliphatic rings. The fourth-order valence-corrected chi connectivity index (χ4v) is 2.61. The first-order chi connectivity index (χ1) is 12.5. The van der Waals surface area contributed by atoms with E-state index < -0.39 is 0 Å². The number of methoxy groups -OCH3 is 1. The highest BCUT2D eigenvalue weighted by Gasteiger charge is 2.17. The Balaban J connectivity index is 1.74. The minimum absolute atomic E-state index is 0.267. The van der Waals surface area contributed by atoms with Crippen LogP contribution in [0.25, 0.3) is 11.1 Å². The second-order valence-corrected chi connectivity index (χ2v) is 6.18. The second kappa shape index (κ2) is 7.59. The molecule has 26 heavy (non-hydrogen) atoms. The largest absolute Gasteiger partial charge is 0.378 e. The Kier molecular flexibility index (Phi) is 5.24. The molecule has 0 saturated heterocycles. The first kappa shape index (κ1) is 18.0. The van der Waals surface area contributed by atoms with Crippen LogP contribution in [0.3, 0.4) is 0 Å². The van der Waals surface area contributed by atoms with Crippen molar-refractivity contribution in [3.63, 3.8) is 0 Å². The summed E-state index contributed by atoms with van der Waals surface area (Å²) in [5.41, 5.74) is 5.17. The molecule has 0 bridgehead atoms. The van der Waals surface area contributed by atoms with Crippen LogP contribution in [0.2, 0.25) is 0 Å². The standard InChI is InChI=1S/C18H23FN6O/c1-23(2)14-6-7-15(16(19)9-14)13-5-8-17(20-10-13)21-18-11-25(12-26-4)22-24(18)3/h5-11,22H,12H2,1-4H3,(H,20,21). The van der Waals surface area contributed by atoms with Gasteiger partial charge in [0.1, 0.15) is 24.2 Å². The van der Waals surface area contributed by atoms with Gasteiger partial charge in [0.05, 0.1) is 6.20 Å². The summed E-state index contributed by atoms with van der Waals surface area (Å²) in [5.74, 6) is 1.22. The Hall–Kier alpha value is -2.84. The zero-order valence-electron chi connectivity index (χ0n) is 15.3. The van der Waals surface area contributed by atoms with Crippen LogP contribution in [0, 0.1) is 5.82 Å². The van der Waals surface area contributed by atoms with Gasteiger partial charge in [-0.2, -0.15) is 0 Å². The highest BCUT2D eigenvalue weighted by molar-refractivity contribution is 5.67. The first-order valence-electron chi connectivity index (χ1n) is 8.15. The van der Waals surface area contributed by atoms with Gasteiger partial charge in [-0.25, -0.2) is 9.37 Å². The van der Waals surface area contributed by atoms with Crippen molar-refractivity contribution in [1.29, 1.82) is 0 Å². The van der Waals surface area contributed by atoms with Crippen molar-refractivity contribution >= 4 is 11.5 Å². The average Bonchev–Trinajstić information content (AvgIpc) is 2.95. The molecule has 138 valence electrons. The summed E-state index contributed by atoms with van der Waals surface area (Å²) < 4.78 is 19.5. The molecule has 1 aromatic carbocycles. The summed E-state index contributed by atoms with van der Waals surface area (Å²) in [7, 11) is 7.28. The van der Waals surface area contributed by atoms with Gasteiger partial charge in [0.2, 0.25) is 0 Å². The average molecular weight is 358 g/mol. The molecule has 1 aliphatic heterocycles. The van der Waals surface area contributed by atoms with E-state index in [1.165, 1.54) is 6.07 Å². The van der Waals surface area contributed by atoms with Gasteiger partial charge < -0.3 is 15.0 Å². The SMILES string of the molecule is COCN1C=C(Nc2ccc(-c3ccc(N(C)C)cc3F)cn2)N(C)N1. The van der Waals surface area contributed by atoms with Crippen molar-refractivity contribution in [2.75, 3.05) is 45.2 Å². The number of hydrogen-bond donors (Lipinski definition) is 2. The maximum absolute atomic E-state index is 14.4. The molecular formula is C18H23FN6O. The lowest BCUT2D eigenvalue weighted by Crippen LogP contribution is -2.39. The number of anilines is 2. The molecule has 0 amide bonds. The topological polar surface area (TPSA) is 55.9 Å². The third-order valence-corrected chi connectivity index (χ3v) is 3.99. The molecule has 2 heterocycles. The van der Waals surface area contributed by atoms with Crippen LogP contribution in [0.15, 0.2) is 48.5 Å². The highest BCUT2D eigenvalue weighted by Crippen LogP contribution is 2.26. The molecular weight excluding hydrogens is 335 g/mol. The van der Waals surface area contributed by atoms with Crippen LogP contribution >= 0.6 is 0 Å². The molecule has 2 N–H and O–H groups in total. The summed E-state index contributed by atoms with van der Waals surface area (Å²) >= 11 is 0. The number of ether oxygens (including phenoxy) is 1. The molecule has 0 unspecified atom stereocenters. The summed E-state index contributed by atoms with van der Waals surface area (Å²) in [6, 6.07) is 8.85. The van der Waals surface area contributed by atoms with Crippen LogP contribution < -0.4 is 15.8 Å². The zero-order valence-corrected chi connectivity index (χ0v) is 15.3. The normalized spacial score (nSPS) is 13.8. The van der Waals surface area contributed by atoms with Gasteiger partial charge in [0.25, 0.3) is 0 Å². The lowest BCUT2D eigenvalue weighted by atomic mass is 10.1. The number of nitrogens with one attached hydrogen (secondary N) is 2. The van der Waals surface area contributed by atoms with Gasteiger partial charge in [0, 0.05) is 51.3 Å². The van der Waals surface area contributed by atoms with Crippen LogP contribution in [0.4, 0.5) is 15.9 Å². The third kappa shape index (κ3) is 3.87. The zero-order chi connectivity index (χ0) is 18.7. The molecule has 0 atom stereocenters. The fourth-order valence-electron chi connectivity index (χ4n) is 2.61. The van der Waals surface area contributed by atoms with Gasteiger partial charge in [-0.3, -0.25) is 10.0 Å². The summed E-state index contributed by atoms with van der Waals surface area (Å²) in [6.45, 7) is 0.421. The van der Waals surface area contributed by atoms with E-state index in [4.69, 9.17) is 4.74 Å². The van der Waals surface area contributed by atoms with Crippen LogP contribution in [-0.4, -0.2) is 50.0 Å². The molecule has 3 rings (SSSR count). The maximum Gasteiger partial charge on any atom is 0.141 e. The second-order valence-electron chi connectivity index (χ2n) is 6.18. The van der Waals surface area contributed by atoms with E-state index in [2.05, 4.69) is 15.8 Å². The van der Waals surface area contributed by atoms with Crippen LogP contribution in [-0.2, 0) is 4.74 Å². The summed E-state index contributed by atoms with van der Waals surface area (Å²) in [4.78, 5) is 6.26. The Bertz CT molecular complexity index is 793.